The second-order valence-corrected chi connectivity index (χ2v) is 7.51. The summed E-state index contributed by atoms with van der Waals surface area (Å²) in [6, 6.07) is 18.1. The van der Waals surface area contributed by atoms with Gasteiger partial charge in [-0.1, -0.05) is 6.07 Å². The highest BCUT2D eigenvalue weighted by atomic mass is 19.1. The first-order chi connectivity index (χ1) is 16.5. The van der Waals surface area contributed by atoms with E-state index in [0.29, 0.717) is 33.9 Å². The number of halogens is 1. The molecule has 0 atom stereocenters. The number of anilines is 1. The Morgan fingerprint density at radius 1 is 1.03 bits per heavy atom. The number of hydrogen-bond acceptors (Lipinski definition) is 5. The molecule has 0 radical (unpaired) electrons. The lowest BCUT2D eigenvalue weighted by atomic mass is 10.1. The van der Waals surface area contributed by atoms with Crippen molar-refractivity contribution in [2.24, 2.45) is 0 Å². The first-order valence-electron chi connectivity index (χ1n) is 10.8. The van der Waals surface area contributed by atoms with Gasteiger partial charge in [0.1, 0.15) is 11.4 Å². The van der Waals surface area contributed by atoms with Crippen LogP contribution in [0.25, 0.3) is 5.69 Å². The Balaban J connectivity index is 1.61. The molecular formula is C26H23FN4O3. The van der Waals surface area contributed by atoms with Crippen molar-refractivity contribution in [2.75, 3.05) is 11.5 Å². The topological polar surface area (TPSA) is 77.3 Å². The van der Waals surface area contributed by atoms with Gasteiger partial charge in [0.25, 0.3) is 5.91 Å². The monoisotopic (exact) mass is 458 g/mol. The van der Waals surface area contributed by atoms with Crippen molar-refractivity contribution in [1.29, 1.82) is 0 Å². The minimum Gasteiger partial charge on any atom is -0.462 e. The van der Waals surface area contributed by atoms with Gasteiger partial charge in [0.05, 0.1) is 36.4 Å². The Bertz CT molecular complexity index is 1290. The number of esters is 1. The molecule has 4 rings (SSSR count). The van der Waals surface area contributed by atoms with E-state index in [0.717, 1.165) is 0 Å². The zero-order valence-corrected chi connectivity index (χ0v) is 18.8. The molecule has 0 aliphatic heterocycles. The van der Waals surface area contributed by atoms with Gasteiger partial charge in [0, 0.05) is 17.4 Å². The first-order valence-corrected chi connectivity index (χ1v) is 10.8. The second kappa shape index (κ2) is 10.1. The molecule has 0 spiro atoms. The predicted molar refractivity (Wildman–Crippen MR) is 125 cm³/mol. The molecule has 2 aromatic heterocycles. The molecule has 0 saturated carbocycles. The van der Waals surface area contributed by atoms with E-state index in [1.54, 1.807) is 72.1 Å². The van der Waals surface area contributed by atoms with Crippen LogP contribution in [-0.4, -0.2) is 33.2 Å². The number of nitrogens with zero attached hydrogens (tertiary/aromatic N) is 4. The molecule has 172 valence electrons. The van der Waals surface area contributed by atoms with Crippen LogP contribution in [0.4, 0.5) is 10.1 Å². The van der Waals surface area contributed by atoms with Gasteiger partial charge in [-0.3, -0.25) is 9.78 Å². The number of hydrogen-bond donors (Lipinski definition) is 0. The summed E-state index contributed by atoms with van der Waals surface area (Å²) in [6.07, 6.45) is 3.13. The fraction of sp³-hybridized carbons (Fsp3) is 0.154. The van der Waals surface area contributed by atoms with Crippen molar-refractivity contribution >= 4 is 17.6 Å². The number of aromatic nitrogens is 3. The number of benzene rings is 2. The normalized spacial score (nSPS) is 10.7. The van der Waals surface area contributed by atoms with E-state index in [4.69, 9.17) is 4.74 Å². The van der Waals surface area contributed by atoms with E-state index in [1.807, 2.05) is 12.1 Å². The Hall–Kier alpha value is -4.33. The number of rotatable bonds is 7. The lowest BCUT2D eigenvalue weighted by Crippen LogP contribution is -2.30. The zero-order valence-electron chi connectivity index (χ0n) is 18.8. The molecule has 1 amide bonds. The third kappa shape index (κ3) is 4.85. The maximum Gasteiger partial charge on any atom is 0.341 e. The lowest BCUT2D eigenvalue weighted by Gasteiger charge is -2.23. The summed E-state index contributed by atoms with van der Waals surface area (Å²) < 4.78 is 20.2. The quantitative estimate of drug-likeness (QED) is 0.374. The molecule has 0 aliphatic rings. The average Bonchev–Trinajstić information content (AvgIpc) is 3.25. The molecule has 2 aromatic carbocycles. The third-order valence-electron chi connectivity index (χ3n) is 5.29. The van der Waals surface area contributed by atoms with Crippen LogP contribution in [0.2, 0.25) is 0 Å². The highest BCUT2D eigenvalue weighted by molar-refractivity contribution is 6.06. The van der Waals surface area contributed by atoms with E-state index in [-0.39, 0.29) is 24.9 Å². The molecule has 0 aliphatic carbocycles. The van der Waals surface area contributed by atoms with Crippen molar-refractivity contribution in [1.82, 2.24) is 14.8 Å². The summed E-state index contributed by atoms with van der Waals surface area (Å²) in [5, 5.41) is 4.29. The fourth-order valence-corrected chi connectivity index (χ4v) is 3.54. The van der Waals surface area contributed by atoms with Gasteiger partial charge in [-0.2, -0.15) is 5.10 Å². The summed E-state index contributed by atoms with van der Waals surface area (Å²) in [6.45, 7) is 4.04. The van der Waals surface area contributed by atoms with Crippen molar-refractivity contribution in [3.8, 4) is 5.69 Å². The third-order valence-corrected chi connectivity index (χ3v) is 5.29. The van der Waals surface area contributed by atoms with Gasteiger partial charge >= 0.3 is 5.97 Å². The van der Waals surface area contributed by atoms with Gasteiger partial charge in [0.2, 0.25) is 0 Å². The van der Waals surface area contributed by atoms with Crippen LogP contribution in [0.5, 0.6) is 0 Å². The molecule has 0 saturated heterocycles. The van der Waals surface area contributed by atoms with Crippen LogP contribution in [0.1, 0.15) is 39.0 Å². The number of carbonyl (C=O) groups excluding carboxylic acids is 2. The van der Waals surface area contributed by atoms with E-state index in [1.165, 1.54) is 18.3 Å². The maximum atomic E-state index is 13.5. The Morgan fingerprint density at radius 3 is 2.41 bits per heavy atom. The van der Waals surface area contributed by atoms with E-state index >= 15 is 0 Å². The van der Waals surface area contributed by atoms with Gasteiger partial charge in [-0.25, -0.2) is 13.9 Å². The van der Waals surface area contributed by atoms with Crippen LogP contribution < -0.4 is 4.90 Å². The molecule has 0 bridgehead atoms. The van der Waals surface area contributed by atoms with Gasteiger partial charge in [-0.05, 0) is 74.5 Å². The zero-order chi connectivity index (χ0) is 24.1. The van der Waals surface area contributed by atoms with Crippen LogP contribution in [-0.2, 0) is 11.3 Å². The lowest BCUT2D eigenvalue weighted by molar-refractivity contribution is 0.0525. The molecular weight excluding hydrogens is 435 g/mol. The summed E-state index contributed by atoms with van der Waals surface area (Å²) in [4.78, 5) is 31.4. The van der Waals surface area contributed by atoms with E-state index in [2.05, 4.69) is 10.1 Å². The van der Waals surface area contributed by atoms with Gasteiger partial charge in [-0.15, -0.1) is 0 Å². The Labute approximate surface area is 196 Å². The molecule has 0 unspecified atom stereocenters. The first kappa shape index (κ1) is 22.8. The van der Waals surface area contributed by atoms with Crippen LogP contribution in [0.15, 0.2) is 79.1 Å². The molecule has 8 heteroatoms. The molecule has 2 heterocycles. The summed E-state index contributed by atoms with van der Waals surface area (Å²) in [5.74, 6) is -1.06. The highest BCUT2D eigenvalue weighted by Crippen LogP contribution is 2.22. The fourth-order valence-electron chi connectivity index (χ4n) is 3.54. The van der Waals surface area contributed by atoms with Crippen LogP contribution >= 0.6 is 0 Å². The van der Waals surface area contributed by atoms with Crippen molar-refractivity contribution < 1.29 is 18.7 Å². The Kier molecular flexibility index (Phi) is 6.77. The minimum atomic E-state index is -0.428. The summed E-state index contributed by atoms with van der Waals surface area (Å²) >= 11 is 0. The Morgan fingerprint density at radius 2 is 1.76 bits per heavy atom. The predicted octanol–water partition coefficient (Wildman–Crippen LogP) is 4.74. The van der Waals surface area contributed by atoms with Crippen molar-refractivity contribution in [3.05, 3.63) is 107 Å². The molecule has 4 aromatic rings. The minimum absolute atomic E-state index is 0.230. The van der Waals surface area contributed by atoms with Gasteiger partial charge < -0.3 is 9.64 Å². The molecule has 34 heavy (non-hydrogen) atoms. The molecule has 0 N–H and O–H groups in total. The number of ether oxygens (including phenoxy) is 1. The van der Waals surface area contributed by atoms with Crippen molar-refractivity contribution in [2.45, 2.75) is 20.4 Å². The van der Waals surface area contributed by atoms with Crippen LogP contribution in [0, 0.1) is 12.7 Å². The van der Waals surface area contributed by atoms with Crippen LogP contribution in [0.3, 0.4) is 0 Å². The number of pyridine rings is 1. The maximum absolute atomic E-state index is 13.5. The molecule has 7 nitrogen and oxygen atoms in total. The summed E-state index contributed by atoms with van der Waals surface area (Å²) in [5.41, 5.74) is 3.43. The van der Waals surface area contributed by atoms with Crippen molar-refractivity contribution in [3.63, 3.8) is 0 Å². The smallest absolute Gasteiger partial charge is 0.341 e. The largest absolute Gasteiger partial charge is 0.462 e. The second-order valence-electron chi connectivity index (χ2n) is 7.51. The number of carbonyl (C=O) groups is 2. The molecule has 0 fully saturated rings. The SMILES string of the molecule is CCOC(=O)c1cnn(-c2ccc(C(=O)N(Cc3ccccn3)c3ccc(F)cc3)cc2)c1C. The summed E-state index contributed by atoms with van der Waals surface area (Å²) in [7, 11) is 0. The van der Waals surface area contributed by atoms with E-state index in [9.17, 15) is 14.0 Å². The van der Waals surface area contributed by atoms with Gasteiger partial charge in [0.15, 0.2) is 0 Å². The van der Waals surface area contributed by atoms with E-state index < -0.39 is 5.97 Å². The standard InChI is InChI=1S/C26H23FN4O3/c1-3-34-26(33)24-16-29-31(18(24)2)23-11-7-19(8-12-23)25(32)30(17-21-6-4-5-15-28-21)22-13-9-20(27)10-14-22/h4-16H,3,17H2,1-2H3. The highest BCUT2D eigenvalue weighted by Gasteiger charge is 2.20. The number of amides is 1. The average molecular weight is 458 g/mol.